The number of nitrogens with zero attached hydrogens (tertiary/aromatic N) is 1. The molecule has 11 heteroatoms. The molecule has 3 saturated heterocycles. The Balaban J connectivity index is 1.18. The topological polar surface area (TPSA) is 78.5 Å². The van der Waals surface area contributed by atoms with Gasteiger partial charge in [-0.3, -0.25) is 4.90 Å². The number of carbonyl (C=O) groups is 1. The molecular weight excluding hydrogens is 545 g/mol. The number of likely N-dealkylation sites (tertiary alicyclic amines) is 1. The molecular formula is C31H41BF2N2O6. The molecule has 1 N–H and O–H groups in total. The van der Waals surface area contributed by atoms with E-state index in [9.17, 15) is 13.6 Å². The highest BCUT2D eigenvalue weighted by atomic mass is 19.1. The van der Waals surface area contributed by atoms with Crippen molar-refractivity contribution in [3.8, 4) is 5.75 Å². The molecule has 0 unspecified atom stereocenters. The van der Waals surface area contributed by atoms with Crippen LogP contribution in [0.15, 0.2) is 42.5 Å². The van der Waals surface area contributed by atoms with Crippen LogP contribution >= 0.6 is 0 Å². The van der Waals surface area contributed by atoms with Crippen LogP contribution < -0.4 is 15.5 Å². The highest BCUT2D eigenvalue weighted by Crippen LogP contribution is 2.37. The van der Waals surface area contributed by atoms with Crippen LogP contribution in [0.25, 0.3) is 0 Å². The summed E-state index contributed by atoms with van der Waals surface area (Å²) in [4.78, 5) is 14.9. The predicted octanol–water partition coefficient (Wildman–Crippen LogP) is 4.75. The van der Waals surface area contributed by atoms with Crippen molar-refractivity contribution in [3.63, 3.8) is 0 Å². The van der Waals surface area contributed by atoms with E-state index in [1.165, 1.54) is 0 Å². The number of hydrogen-bond donors (Lipinski definition) is 1. The van der Waals surface area contributed by atoms with Crippen LogP contribution in [0.3, 0.4) is 0 Å². The number of halogens is 2. The third-order valence-electron chi connectivity index (χ3n) is 8.43. The van der Waals surface area contributed by atoms with Gasteiger partial charge in [0.15, 0.2) is 0 Å². The van der Waals surface area contributed by atoms with E-state index < -0.39 is 53.8 Å². The standard InChI is InChI=1S/C31H41BF2N2O6/c1-29(2,3)40-28(37)35-26-15-21(18-38-27(26)24-14-20(33)10-13-25(24)34)36-16-23(17-36)39-22-11-8-19(9-12-22)32-41-30(4,5)31(6,7)42-32/h8-14,21,23,26-27H,15-18H2,1-7H3,(H,35,37)/t21-,26-,27+/m0/s1. The molecule has 228 valence electrons. The SMILES string of the molecule is CC(C)(C)OC(=O)N[C@H]1C[C@H](N2CC(Oc3ccc(B4OC(C)(C)C(C)(C)O4)cc3)C2)CO[C@@H]1c1cc(F)ccc1F. The fourth-order valence-electron chi connectivity index (χ4n) is 5.42. The quantitative estimate of drug-likeness (QED) is 0.490. The van der Waals surface area contributed by atoms with Crippen LogP contribution in [-0.2, 0) is 18.8 Å². The molecule has 0 saturated carbocycles. The van der Waals surface area contributed by atoms with Crippen LogP contribution in [0, 0.1) is 11.6 Å². The van der Waals surface area contributed by atoms with Crippen LogP contribution in [0.2, 0.25) is 0 Å². The molecule has 1 amide bonds. The Hall–Kier alpha value is -2.73. The fraction of sp³-hybridized carbons (Fsp3) is 0.581. The van der Waals surface area contributed by atoms with Gasteiger partial charge in [-0.15, -0.1) is 0 Å². The molecule has 0 aromatic heterocycles. The lowest BCUT2D eigenvalue weighted by atomic mass is 9.79. The number of amides is 1. The number of rotatable bonds is 6. The van der Waals surface area contributed by atoms with Gasteiger partial charge < -0.3 is 28.8 Å². The average Bonchev–Trinajstić information content (AvgIpc) is 3.08. The summed E-state index contributed by atoms with van der Waals surface area (Å²) >= 11 is 0. The second-order valence-electron chi connectivity index (χ2n) is 13.4. The lowest BCUT2D eigenvalue weighted by Gasteiger charge is -2.48. The third kappa shape index (κ3) is 6.75. The first-order valence-corrected chi connectivity index (χ1v) is 14.5. The van der Waals surface area contributed by atoms with Gasteiger partial charge >= 0.3 is 13.2 Å². The maximum absolute atomic E-state index is 14.7. The van der Waals surface area contributed by atoms with Crippen molar-refractivity contribution < 1.29 is 37.1 Å². The molecule has 3 aliphatic heterocycles. The summed E-state index contributed by atoms with van der Waals surface area (Å²) in [6.07, 6.45) is -1.01. The van der Waals surface area contributed by atoms with E-state index in [2.05, 4.69) is 10.2 Å². The molecule has 2 aromatic carbocycles. The average molecular weight is 586 g/mol. The Morgan fingerprint density at radius 3 is 2.29 bits per heavy atom. The second-order valence-corrected chi connectivity index (χ2v) is 13.4. The normalized spacial score (nSPS) is 26.0. The lowest BCUT2D eigenvalue weighted by molar-refractivity contribution is -0.0969. The molecule has 3 heterocycles. The van der Waals surface area contributed by atoms with Gasteiger partial charge in [0.05, 0.1) is 23.9 Å². The minimum atomic E-state index is -0.847. The Bertz CT molecular complexity index is 1260. The summed E-state index contributed by atoms with van der Waals surface area (Å²) in [5, 5.41) is 2.84. The fourth-order valence-corrected chi connectivity index (χ4v) is 5.42. The molecule has 8 nitrogen and oxygen atoms in total. The zero-order valence-electron chi connectivity index (χ0n) is 25.4. The van der Waals surface area contributed by atoms with E-state index in [4.69, 9.17) is 23.5 Å². The summed E-state index contributed by atoms with van der Waals surface area (Å²) in [5.74, 6) is -0.399. The van der Waals surface area contributed by atoms with E-state index in [-0.39, 0.29) is 17.7 Å². The zero-order valence-corrected chi connectivity index (χ0v) is 25.4. The highest BCUT2D eigenvalue weighted by molar-refractivity contribution is 6.62. The van der Waals surface area contributed by atoms with Gasteiger partial charge in [-0.1, -0.05) is 12.1 Å². The first-order valence-electron chi connectivity index (χ1n) is 14.5. The van der Waals surface area contributed by atoms with Gasteiger partial charge in [-0.05, 0) is 90.7 Å². The van der Waals surface area contributed by atoms with Crippen molar-refractivity contribution in [2.75, 3.05) is 19.7 Å². The van der Waals surface area contributed by atoms with Crippen molar-refractivity contribution in [1.29, 1.82) is 0 Å². The number of ether oxygens (including phenoxy) is 3. The molecule has 0 radical (unpaired) electrons. The number of nitrogens with one attached hydrogen (secondary N) is 1. The monoisotopic (exact) mass is 586 g/mol. The van der Waals surface area contributed by atoms with Crippen LogP contribution in [0.1, 0.15) is 66.6 Å². The molecule has 3 fully saturated rings. The third-order valence-corrected chi connectivity index (χ3v) is 8.43. The minimum Gasteiger partial charge on any atom is -0.488 e. The van der Waals surface area contributed by atoms with Gasteiger partial charge in [0, 0.05) is 24.7 Å². The summed E-state index contributed by atoms with van der Waals surface area (Å²) < 4.78 is 58.6. The zero-order chi connectivity index (χ0) is 30.4. The smallest absolute Gasteiger partial charge is 0.488 e. The lowest BCUT2D eigenvalue weighted by Crippen LogP contribution is -2.62. The van der Waals surface area contributed by atoms with E-state index >= 15 is 0 Å². The highest BCUT2D eigenvalue weighted by Gasteiger charge is 2.51. The van der Waals surface area contributed by atoms with Crippen molar-refractivity contribution in [2.45, 2.75) is 96.0 Å². The molecule has 2 aromatic rings. The number of hydrogen-bond acceptors (Lipinski definition) is 7. The Morgan fingerprint density at radius 2 is 1.67 bits per heavy atom. The van der Waals surface area contributed by atoms with E-state index in [0.717, 1.165) is 29.4 Å². The van der Waals surface area contributed by atoms with Gasteiger partial charge in [0.1, 0.15) is 35.2 Å². The van der Waals surface area contributed by atoms with Gasteiger partial charge in [-0.25, -0.2) is 13.6 Å². The van der Waals surface area contributed by atoms with Crippen LogP contribution in [-0.4, -0.2) is 72.8 Å². The molecule has 0 aliphatic carbocycles. The first-order chi connectivity index (χ1) is 19.6. The number of alkyl carbamates (subject to hydrolysis) is 1. The van der Waals surface area contributed by atoms with E-state index in [1.54, 1.807) is 20.8 Å². The summed E-state index contributed by atoms with van der Waals surface area (Å²) in [6.45, 7) is 15.1. The predicted molar refractivity (Wildman–Crippen MR) is 155 cm³/mol. The minimum absolute atomic E-state index is 0.0108. The first kappa shape index (κ1) is 30.7. The molecule has 42 heavy (non-hydrogen) atoms. The maximum Gasteiger partial charge on any atom is 0.494 e. The Morgan fingerprint density at radius 1 is 1.02 bits per heavy atom. The second kappa shape index (κ2) is 11.4. The van der Waals surface area contributed by atoms with Crippen LogP contribution in [0.4, 0.5) is 13.6 Å². The Labute approximate surface area is 247 Å². The molecule has 3 atom stereocenters. The van der Waals surface area contributed by atoms with Crippen molar-refractivity contribution in [1.82, 2.24) is 10.2 Å². The summed E-state index contributed by atoms with van der Waals surface area (Å²) in [6, 6.07) is 10.4. The van der Waals surface area contributed by atoms with Gasteiger partial charge in [0.25, 0.3) is 0 Å². The summed E-state index contributed by atoms with van der Waals surface area (Å²) in [5.41, 5.74) is -0.509. The Kier molecular flexibility index (Phi) is 8.35. The van der Waals surface area contributed by atoms with Crippen LogP contribution in [0.5, 0.6) is 5.75 Å². The number of benzene rings is 2. The molecule has 0 bridgehead atoms. The number of carbonyl (C=O) groups excluding carboxylic acids is 1. The van der Waals surface area contributed by atoms with Crippen molar-refractivity contribution in [2.24, 2.45) is 0 Å². The van der Waals surface area contributed by atoms with Gasteiger partial charge in [-0.2, -0.15) is 0 Å². The van der Waals surface area contributed by atoms with Gasteiger partial charge in [0.2, 0.25) is 0 Å². The molecule has 0 spiro atoms. The van der Waals surface area contributed by atoms with E-state index in [0.29, 0.717) is 26.1 Å². The molecule has 5 rings (SSSR count). The summed E-state index contributed by atoms with van der Waals surface area (Å²) in [7, 11) is -0.429. The maximum atomic E-state index is 14.7. The van der Waals surface area contributed by atoms with Crippen molar-refractivity contribution in [3.05, 3.63) is 59.7 Å². The largest absolute Gasteiger partial charge is 0.494 e. The van der Waals surface area contributed by atoms with Crippen molar-refractivity contribution >= 4 is 18.7 Å². The van der Waals surface area contributed by atoms with E-state index in [1.807, 2.05) is 52.0 Å². The molecule has 3 aliphatic rings.